The molecule has 2 aromatic carbocycles. The lowest BCUT2D eigenvalue weighted by molar-refractivity contribution is 0.0943. The van der Waals surface area contributed by atoms with Gasteiger partial charge in [-0.15, -0.1) is 0 Å². The number of aromatic nitrogens is 3. The van der Waals surface area contributed by atoms with Crippen molar-refractivity contribution in [3.63, 3.8) is 0 Å². The topological polar surface area (TPSA) is 109 Å². The molecule has 0 aliphatic rings. The van der Waals surface area contributed by atoms with Crippen LogP contribution < -0.4 is 16.4 Å². The zero-order chi connectivity index (χ0) is 23.8. The summed E-state index contributed by atoms with van der Waals surface area (Å²) in [7, 11) is 0. The molecule has 0 amide bonds. The molecule has 33 heavy (non-hydrogen) atoms. The van der Waals surface area contributed by atoms with Crippen LogP contribution in [0.4, 0.5) is 23.1 Å². The second kappa shape index (κ2) is 8.84. The zero-order valence-corrected chi connectivity index (χ0v) is 19.8. The van der Waals surface area contributed by atoms with E-state index in [0.29, 0.717) is 23.2 Å². The van der Waals surface area contributed by atoms with Crippen molar-refractivity contribution in [3.8, 4) is 11.1 Å². The van der Waals surface area contributed by atoms with Gasteiger partial charge in [0.1, 0.15) is 10.8 Å². The molecule has 0 saturated carbocycles. The first kappa shape index (κ1) is 22.8. The number of benzene rings is 2. The summed E-state index contributed by atoms with van der Waals surface area (Å²) in [6, 6.07) is 12.1. The van der Waals surface area contributed by atoms with Crippen LogP contribution in [0.3, 0.4) is 0 Å². The van der Waals surface area contributed by atoms with Crippen molar-refractivity contribution < 1.29 is 5.11 Å². The summed E-state index contributed by atoms with van der Waals surface area (Å²) >= 11 is 6.60. The van der Waals surface area contributed by atoms with E-state index in [1.165, 1.54) is 0 Å². The van der Waals surface area contributed by atoms with E-state index in [9.17, 15) is 5.11 Å². The van der Waals surface area contributed by atoms with Gasteiger partial charge in [0.2, 0.25) is 5.95 Å². The van der Waals surface area contributed by atoms with E-state index in [0.717, 1.165) is 38.8 Å². The van der Waals surface area contributed by atoms with Gasteiger partial charge in [-0.3, -0.25) is 0 Å². The summed E-state index contributed by atoms with van der Waals surface area (Å²) in [5, 5.41) is 17.6. The van der Waals surface area contributed by atoms with Gasteiger partial charge in [0.05, 0.1) is 16.8 Å². The average molecular weight is 463 g/mol. The standard InChI is InChI=1S/C25H27ClN6O/c1-14-5-6-15(2)20(9-14)31-22-18-10-16(7-8-19(18)32-23(27)21(22)26)17-11-28-24(29-12-17)30-13-25(3,4)33/h5-12,33H,13H2,1-4H3,(H3,27,31,32)(H,28,29,30). The summed E-state index contributed by atoms with van der Waals surface area (Å²) in [6.07, 6.45) is 3.48. The zero-order valence-electron chi connectivity index (χ0n) is 19.1. The fraction of sp³-hybridized carbons (Fsp3) is 0.240. The predicted octanol–water partition coefficient (Wildman–Crippen LogP) is 5.47. The number of nitrogens with zero attached hydrogens (tertiary/aromatic N) is 3. The van der Waals surface area contributed by atoms with Crippen LogP contribution in [0.25, 0.3) is 22.0 Å². The summed E-state index contributed by atoms with van der Waals surface area (Å²) in [5.74, 6) is 0.728. The largest absolute Gasteiger partial charge is 0.389 e. The smallest absolute Gasteiger partial charge is 0.222 e. The third-order valence-electron chi connectivity index (χ3n) is 5.27. The maximum atomic E-state index is 9.87. The minimum Gasteiger partial charge on any atom is -0.389 e. The molecule has 5 N–H and O–H groups in total. The number of nitrogens with two attached hydrogens (primary N) is 1. The summed E-state index contributed by atoms with van der Waals surface area (Å²) < 4.78 is 0. The van der Waals surface area contributed by atoms with E-state index in [-0.39, 0.29) is 5.82 Å². The normalized spacial score (nSPS) is 11.6. The molecule has 4 rings (SSSR count). The molecule has 0 saturated heterocycles. The van der Waals surface area contributed by atoms with E-state index in [2.05, 4.69) is 43.8 Å². The van der Waals surface area contributed by atoms with Gasteiger partial charge in [-0.25, -0.2) is 15.0 Å². The molecule has 0 aliphatic carbocycles. The first-order valence-electron chi connectivity index (χ1n) is 10.6. The van der Waals surface area contributed by atoms with Crippen LogP contribution >= 0.6 is 11.6 Å². The van der Waals surface area contributed by atoms with Crippen molar-refractivity contribution in [1.82, 2.24) is 15.0 Å². The first-order chi connectivity index (χ1) is 15.6. The molecule has 0 atom stereocenters. The van der Waals surface area contributed by atoms with Gasteiger partial charge in [0.25, 0.3) is 0 Å². The van der Waals surface area contributed by atoms with Gasteiger partial charge >= 0.3 is 0 Å². The Hall–Kier alpha value is -3.42. The van der Waals surface area contributed by atoms with Gasteiger partial charge in [-0.1, -0.05) is 29.8 Å². The van der Waals surface area contributed by atoms with E-state index >= 15 is 0 Å². The fourth-order valence-corrected chi connectivity index (χ4v) is 3.62. The number of aryl methyl sites for hydroxylation is 2. The Morgan fingerprint density at radius 3 is 2.45 bits per heavy atom. The molecule has 4 aromatic rings. The molecule has 0 fully saturated rings. The van der Waals surface area contributed by atoms with Crippen LogP contribution in [-0.4, -0.2) is 32.2 Å². The Morgan fingerprint density at radius 2 is 1.76 bits per heavy atom. The number of aliphatic hydroxyl groups is 1. The van der Waals surface area contributed by atoms with Crippen LogP contribution in [0.15, 0.2) is 48.8 Å². The molecule has 170 valence electrons. The maximum absolute atomic E-state index is 9.87. The van der Waals surface area contributed by atoms with Gasteiger partial charge in [0.15, 0.2) is 0 Å². The summed E-state index contributed by atoms with van der Waals surface area (Å²) in [4.78, 5) is 13.2. The minimum atomic E-state index is -0.854. The SMILES string of the molecule is Cc1ccc(C)c(Nc2c(Cl)c(N)nc3ccc(-c4cnc(NCC(C)(C)O)nc4)cc23)c1. The molecule has 0 bridgehead atoms. The first-order valence-corrected chi connectivity index (χ1v) is 11.0. The number of halogens is 1. The Morgan fingerprint density at radius 1 is 1.03 bits per heavy atom. The summed E-state index contributed by atoms with van der Waals surface area (Å²) in [6.45, 7) is 7.88. The third-order valence-corrected chi connectivity index (χ3v) is 5.65. The minimum absolute atomic E-state index is 0.273. The van der Waals surface area contributed by atoms with Crippen molar-refractivity contribution >= 4 is 45.6 Å². The molecule has 0 unspecified atom stereocenters. The highest BCUT2D eigenvalue weighted by Crippen LogP contribution is 2.38. The molecule has 0 aliphatic heterocycles. The van der Waals surface area contributed by atoms with Gasteiger partial charge in [-0.05, 0) is 62.6 Å². The second-order valence-electron chi connectivity index (χ2n) is 8.82. The van der Waals surface area contributed by atoms with E-state index in [4.69, 9.17) is 17.3 Å². The van der Waals surface area contributed by atoms with Crippen molar-refractivity contribution in [3.05, 3.63) is 64.9 Å². The third kappa shape index (κ3) is 5.16. The molecular weight excluding hydrogens is 436 g/mol. The molecule has 7 nitrogen and oxygen atoms in total. The number of nitrogen functional groups attached to an aromatic ring is 1. The van der Waals surface area contributed by atoms with Crippen molar-refractivity contribution in [1.29, 1.82) is 0 Å². The Bertz CT molecular complexity index is 1320. The number of hydrogen-bond donors (Lipinski definition) is 4. The van der Waals surface area contributed by atoms with Crippen molar-refractivity contribution in [2.45, 2.75) is 33.3 Å². The number of nitrogens with one attached hydrogen (secondary N) is 2. The van der Waals surface area contributed by atoms with Gasteiger partial charge < -0.3 is 21.5 Å². The van der Waals surface area contributed by atoms with Crippen LogP contribution in [0.5, 0.6) is 0 Å². The van der Waals surface area contributed by atoms with Crippen molar-refractivity contribution in [2.75, 3.05) is 22.9 Å². The van der Waals surface area contributed by atoms with Gasteiger partial charge in [0, 0.05) is 35.6 Å². The van der Waals surface area contributed by atoms with Gasteiger partial charge in [-0.2, -0.15) is 0 Å². The maximum Gasteiger partial charge on any atom is 0.222 e. The predicted molar refractivity (Wildman–Crippen MR) is 136 cm³/mol. The number of fused-ring (bicyclic) bond motifs is 1. The Balaban J connectivity index is 1.73. The molecule has 8 heteroatoms. The van der Waals surface area contributed by atoms with Crippen LogP contribution in [0, 0.1) is 13.8 Å². The number of anilines is 4. The monoisotopic (exact) mass is 462 g/mol. The highest BCUT2D eigenvalue weighted by molar-refractivity contribution is 6.37. The van der Waals surface area contributed by atoms with Crippen molar-refractivity contribution in [2.24, 2.45) is 0 Å². The lowest BCUT2D eigenvalue weighted by Crippen LogP contribution is -2.29. The molecule has 0 spiro atoms. The van der Waals surface area contributed by atoms with Crippen LogP contribution in [0.1, 0.15) is 25.0 Å². The second-order valence-corrected chi connectivity index (χ2v) is 9.20. The highest BCUT2D eigenvalue weighted by atomic mass is 35.5. The lowest BCUT2D eigenvalue weighted by atomic mass is 10.0. The lowest BCUT2D eigenvalue weighted by Gasteiger charge is -2.17. The van der Waals surface area contributed by atoms with E-state index in [1.54, 1.807) is 26.2 Å². The quantitative estimate of drug-likeness (QED) is 0.300. The molecule has 2 heterocycles. The average Bonchev–Trinajstić information content (AvgIpc) is 2.77. The number of pyridine rings is 1. The molecule has 0 radical (unpaired) electrons. The highest BCUT2D eigenvalue weighted by Gasteiger charge is 2.15. The number of hydrogen-bond acceptors (Lipinski definition) is 7. The summed E-state index contributed by atoms with van der Waals surface area (Å²) in [5.41, 5.74) is 11.7. The van der Waals surface area contributed by atoms with Crippen LogP contribution in [0.2, 0.25) is 5.02 Å². The molecular formula is C25H27ClN6O. The Kier molecular flexibility index (Phi) is 6.10. The molecule has 2 aromatic heterocycles. The Labute approximate surface area is 198 Å². The van der Waals surface area contributed by atoms with Crippen LogP contribution in [-0.2, 0) is 0 Å². The number of rotatable bonds is 6. The van der Waals surface area contributed by atoms with E-state index in [1.807, 2.05) is 32.0 Å². The fourth-order valence-electron chi connectivity index (χ4n) is 3.43. The van der Waals surface area contributed by atoms with E-state index < -0.39 is 5.60 Å².